The maximum atomic E-state index is 12.8. The largest absolute Gasteiger partial charge is 0.503 e. The molecule has 3 aromatic rings. The van der Waals surface area contributed by atoms with Crippen molar-refractivity contribution < 1.29 is 39.2 Å². The summed E-state index contributed by atoms with van der Waals surface area (Å²) in [5, 5.41) is 30.6. The van der Waals surface area contributed by atoms with Crippen molar-refractivity contribution in [1.29, 1.82) is 0 Å². The lowest BCUT2D eigenvalue weighted by atomic mass is 10.0. The number of hydrogen-bond acceptors (Lipinski definition) is 12. The Hall–Kier alpha value is -5.46. The van der Waals surface area contributed by atoms with E-state index in [-0.39, 0.29) is 89.0 Å². The predicted octanol–water partition coefficient (Wildman–Crippen LogP) is 3.08. The highest BCUT2D eigenvalue weighted by Crippen LogP contribution is 2.36. The van der Waals surface area contributed by atoms with Crippen molar-refractivity contribution in [1.82, 2.24) is 33.3 Å². The van der Waals surface area contributed by atoms with Gasteiger partial charge in [0.1, 0.15) is 6.17 Å². The van der Waals surface area contributed by atoms with Crippen LogP contribution in [0.5, 0.6) is 17.2 Å². The molecule has 0 radical (unpaired) electrons. The third-order valence-corrected chi connectivity index (χ3v) is 13.6. The average molecular weight is 874 g/mol. The molecule has 10 heterocycles. The molecule has 0 unspecified atom stereocenters. The third kappa shape index (κ3) is 7.32. The van der Waals surface area contributed by atoms with E-state index >= 15 is 0 Å². The lowest BCUT2D eigenvalue weighted by Crippen LogP contribution is -2.56. The van der Waals surface area contributed by atoms with E-state index < -0.39 is 27.8 Å². The normalized spacial score (nSPS) is 25.8. The summed E-state index contributed by atoms with van der Waals surface area (Å²) in [6.45, 7) is 19.6. The van der Waals surface area contributed by atoms with Gasteiger partial charge in [0.05, 0.1) is 38.9 Å². The standard InChI is InChI=1S/C16H21N3O3.C15H20N2O4.C14H18N2O4/c1-9(2)11-7-17-8-12-18-5-3-4-10(18)6-19(12)16(22)13(17)15(21)14(11)20;1-8(2)10-6-16-7-11-17(9(3)4-5-21-11)15(20)12(16)14(19)13(10)18;1-7(2)9-4-15-5-10-16(8(3)6-20-10)14(19)11(15)13(18)12(9)17/h7,9-10,12,21H,3-6,8H2,1-2H3;6,8-9,11,19H,4-5,7H2,1-3H3;4,7-8,10,18H,5-6H2,1-3H3/t10-,12+;9-,11+;8-,10+/m110/s1. The van der Waals surface area contributed by atoms with Gasteiger partial charge in [-0.15, -0.1) is 0 Å². The van der Waals surface area contributed by atoms with Gasteiger partial charge in [0.25, 0.3) is 17.7 Å². The van der Waals surface area contributed by atoms with E-state index in [0.717, 1.165) is 19.4 Å². The zero-order valence-electron chi connectivity index (χ0n) is 37.2. The minimum atomic E-state index is -0.453. The highest BCUT2D eigenvalue weighted by molar-refractivity contribution is 5.97. The molecule has 0 saturated carbocycles. The Bertz CT molecular complexity index is 2540. The molecule has 0 aromatic carbocycles. The Morgan fingerprint density at radius 1 is 0.571 bits per heavy atom. The first-order chi connectivity index (χ1) is 29.8. The number of fused-ring (bicyclic) bond motifs is 8. The van der Waals surface area contributed by atoms with E-state index in [1.165, 1.54) is 6.42 Å². The second-order valence-corrected chi connectivity index (χ2v) is 18.8. The zero-order chi connectivity index (χ0) is 45.5. The average Bonchev–Trinajstić information content (AvgIpc) is 3.94. The fraction of sp³-hybridized carbons (Fsp3) is 0.600. The zero-order valence-corrected chi connectivity index (χ0v) is 37.2. The van der Waals surface area contributed by atoms with Gasteiger partial charge in [-0.05, 0) is 50.9 Å². The third-order valence-electron chi connectivity index (χ3n) is 13.6. The number of carbonyl (C=O) groups is 3. The quantitative estimate of drug-likeness (QED) is 0.347. The van der Waals surface area contributed by atoms with E-state index in [2.05, 4.69) is 4.90 Å². The Labute approximate surface area is 364 Å². The van der Waals surface area contributed by atoms with Gasteiger partial charge in [0, 0.05) is 60.5 Å². The lowest BCUT2D eigenvalue weighted by molar-refractivity contribution is -0.112. The molecule has 340 valence electrons. The molecule has 6 atom stereocenters. The van der Waals surface area contributed by atoms with Crippen LogP contribution < -0.4 is 16.3 Å². The van der Waals surface area contributed by atoms with Crippen LogP contribution >= 0.6 is 0 Å². The first-order valence-corrected chi connectivity index (χ1v) is 22.2. The molecule has 4 fully saturated rings. The SMILES string of the molecule is CC(C)c1cn2c(c(O)c1=O)C(=O)N1C[C@H]3CCCN3[C@@H]1C2.CC(C)c1cn2c(c(O)c1=O)C(=O)N1[C@@H](C)CO[C@@H]1C2.CC(C)c1cn2c(c(O)c1=O)C(=O)N1[C@H](C)CCO[C@H]1C2. The van der Waals surface area contributed by atoms with E-state index in [1.807, 2.05) is 60.3 Å². The van der Waals surface area contributed by atoms with Crippen LogP contribution in [0, 0.1) is 0 Å². The van der Waals surface area contributed by atoms with Crippen LogP contribution in [-0.4, -0.2) is 129 Å². The fourth-order valence-electron chi connectivity index (χ4n) is 10.2. The van der Waals surface area contributed by atoms with Gasteiger partial charge >= 0.3 is 0 Å². The molecule has 0 spiro atoms. The lowest BCUT2D eigenvalue weighted by Gasteiger charge is -2.44. The topological polar surface area (TPSA) is 209 Å². The van der Waals surface area contributed by atoms with Gasteiger partial charge in [-0.25, -0.2) is 0 Å². The summed E-state index contributed by atoms with van der Waals surface area (Å²) in [5.74, 6) is -2.16. The van der Waals surface area contributed by atoms with Gasteiger partial charge in [-0.1, -0.05) is 41.5 Å². The van der Waals surface area contributed by atoms with Crippen LogP contribution in [0.1, 0.15) is 141 Å². The summed E-state index contributed by atoms with van der Waals surface area (Å²) in [6, 6.07) is 0.437. The number of hydrogen-bond donors (Lipinski definition) is 3. The first kappa shape index (κ1) is 44.2. The van der Waals surface area contributed by atoms with Crippen LogP contribution in [0.3, 0.4) is 0 Å². The van der Waals surface area contributed by atoms with E-state index in [1.54, 1.807) is 42.1 Å². The highest BCUT2D eigenvalue weighted by Gasteiger charge is 2.48. The summed E-state index contributed by atoms with van der Waals surface area (Å²) < 4.78 is 16.4. The minimum absolute atomic E-state index is 0.0113. The molecule has 7 aliphatic rings. The summed E-state index contributed by atoms with van der Waals surface area (Å²) in [7, 11) is 0. The van der Waals surface area contributed by atoms with Crippen molar-refractivity contribution in [2.45, 2.75) is 149 Å². The van der Waals surface area contributed by atoms with Crippen LogP contribution in [-0.2, 0) is 29.1 Å². The molecule has 3 amide bonds. The van der Waals surface area contributed by atoms with Gasteiger partial charge in [0.2, 0.25) is 16.3 Å². The van der Waals surface area contributed by atoms with E-state index in [9.17, 15) is 44.1 Å². The smallest absolute Gasteiger partial charge is 0.276 e. The second-order valence-electron chi connectivity index (χ2n) is 18.8. The molecule has 3 aromatic heterocycles. The molecule has 4 saturated heterocycles. The van der Waals surface area contributed by atoms with Gasteiger partial charge < -0.3 is 53.2 Å². The maximum Gasteiger partial charge on any atom is 0.276 e. The monoisotopic (exact) mass is 873 g/mol. The van der Waals surface area contributed by atoms with Crippen LogP contribution in [0.15, 0.2) is 33.0 Å². The van der Waals surface area contributed by atoms with E-state index in [4.69, 9.17) is 9.47 Å². The fourth-order valence-corrected chi connectivity index (χ4v) is 10.2. The van der Waals surface area contributed by atoms with Crippen molar-refractivity contribution in [3.63, 3.8) is 0 Å². The molecule has 10 rings (SSSR count). The molecular formula is C45H59N7O11. The number of amides is 3. The number of nitrogens with zero attached hydrogens (tertiary/aromatic N) is 7. The highest BCUT2D eigenvalue weighted by atomic mass is 16.5. The number of aromatic hydroxyl groups is 3. The molecule has 18 nitrogen and oxygen atoms in total. The van der Waals surface area contributed by atoms with Crippen LogP contribution in [0.4, 0.5) is 0 Å². The Balaban J connectivity index is 0.000000130. The number of ether oxygens (including phenoxy) is 2. The summed E-state index contributed by atoms with van der Waals surface area (Å²) >= 11 is 0. The van der Waals surface area contributed by atoms with E-state index in [0.29, 0.717) is 62.1 Å². The van der Waals surface area contributed by atoms with Crippen LogP contribution in [0.25, 0.3) is 0 Å². The predicted molar refractivity (Wildman–Crippen MR) is 229 cm³/mol. The molecule has 18 heteroatoms. The molecule has 63 heavy (non-hydrogen) atoms. The Kier molecular flexibility index (Phi) is 11.6. The van der Waals surface area contributed by atoms with Crippen molar-refractivity contribution in [3.05, 3.63) is 83.0 Å². The summed E-state index contributed by atoms with van der Waals surface area (Å²) in [4.78, 5) is 82.0. The van der Waals surface area contributed by atoms with Crippen molar-refractivity contribution in [3.8, 4) is 17.2 Å². The van der Waals surface area contributed by atoms with Crippen LogP contribution in [0.2, 0.25) is 0 Å². The Morgan fingerprint density at radius 3 is 1.51 bits per heavy atom. The summed E-state index contributed by atoms with van der Waals surface area (Å²) in [6.07, 6.45) is 7.61. The number of rotatable bonds is 3. The maximum absolute atomic E-state index is 12.8. The second kappa shape index (κ2) is 16.6. The summed E-state index contributed by atoms with van der Waals surface area (Å²) in [5.41, 5.74) is 0.600. The van der Waals surface area contributed by atoms with Gasteiger partial charge in [0.15, 0.2) is 46.8 Å². The van der Waals surface area contributed by atoms with Crippen molar-refractivity contribution in [2.75, 3.05) is 26.3 Å². The van der Waals surface area contributed by atoms with Crippen molar-refractivity contribution in [2.24, 2.45) is 0 Å². The molecule has 0 aliphatic carbocycles. The number of carbonyl (C=O) groups excluding carboxylic acids is 3. The molecule has 7 aliphatic heterocycles. The Morgan fingerprint density at radius 2 is 1.02 bits per heavy atom. The number of pyridine rings is 3. The van der Waals surface area contributed by atoms with Gasteiger partial charge in [-0.2, -0.15) is 0 Å². The minimum Gasteiger partial charge on any atom is -0.503 e. The first-order valence-electron chi connectivity index (χ1n) is 22.2. The molecule has 3 N–H and O–H groups in total. The van der Waals surface area contributed by atoms with Gasteiger partial charge in [-0.3, -0.25) is 33.7 Å². The molecular weight excluding hydrogens is 815 g/mol. The number of aromatic nitrogens is 3. The molecule has 0 bridgehead atoms. The van der Waals surface area contributed by atoms with Crippen molar-refractivity contribution >= 4 is 17.7 Å².